The van der Waals surface area contributed by atoms with Gasteiger partial charge in [0, 0.05) is 25.7 Å². The predicted octanol–water partition coefficient (Wildman–Crippen LogP) is 8.12. The van der Waals surface area contributed by atoms with Gasteiger partial charge in [-0.05, 0) is 59.8 Å². The Labute approximate surface area is 317 Å². The Balaban J connectivity index is 1.80. The molecule has 1 saturated carbocycles. The summed E-state index contributed by atoms with van der Waals surface area (Å²) in [5, 5.41) is 27.1. The van der Waals surface area contributed by atoms with Gasteiger partial charge in [0.1, 0.15) is 5.41 Å². The number of carbonyl (C=O) groups excluding carboxylic acids is 2. The smallest absolute Gasteiger partial charge is 0.238 e. The number of rotatable bonds is 18. The summed E-state index contributed by atoms with van der Waals surface area (Å²) >= 11 is 0. The lowest BCUT2D eigenvalue weighted by molar-refractivity contribution is -0.173. The second-order valence-electron chi connectivity index (χ2n) is 16.5. The van der Waals surface area contributed by atoms with Crippen molar-refractivity contribution in [2.75, 3.05) is 0 Å². The third-order valence-corrected chi connectivity index (χ3v) is 11.3. The molecule has 4 aromatic carbocycles. The SMILES string of the molecule is CC(C)CC(N(C(=O)C1(C(N)=O)CCCC1)C(CC(C)C)C(O)(Cc1ccccc1)Cc1ccccc1)C(O)(Cc1ccccc1)Cc1ccccc1. The monoisotopic (exact) mass is 716 g/mol. The molecule has 282 valence electrons. The normalized spacial score (nSPS) is 15.7. The highest BCUT2D eigenvalue weighted by molar-refractivity contribution is 6.05. The van der Waals surface area contributed by atoms with E-state index in [2.05, 4.69) is 27.7 Å². The van der Waals surface area contributed by atoms with Gasteiger partial charge in [0.25, 0.3) is 0 Å². The molecule has 1 aliphatic rings. The third kappa shape index (κ3) is 9.84. The zero-order chi connectivity index (χ0) is 38.1. The summed E-state index contributed by atoms with van der Waals surface area (Å²) in [6.45, 7) is 8.44. The van der Waals surface area contributed by atoms with E-state index in [1.807, 2.05) is 126 Å². The summed E-state index contributed by atoms with van der Waals surface area (Å²) in [5.41, 5.74) is 5.68. The van der Waals surface area contributed by atoms with Gasteiger partial charge < -0.3 is 20.8 Å². The standard InChI is InChI=1S/C47H60N2O4/c1-35(2)29-41(46(52,31-37-19-9-5-10-20-37)32-38-21-11-6-12-22-38)49(44(51)45(43(48)50)27-17-18-28-45)42(30-36(3)4)47(53,33-39-23-13-7-14-24-39)34-40-25-15-8-16-26-40/h5-16,19-26,35-36,41-42,52-53H,17-18,27-34H2,1-4H3,(H2,48,50). The van der Waals surface area contributed by atoms with Crippen molar-refractivity contribution in [1.29, 1.82) is 0 Å². The number of hydrogen-bond donors (Lipinski definition) is 3. The van der Waals surface area contributed by atoms with E-state index in [4.69, 9.17) is 5.73 Å². The van der Waals surface area contributed by atoms with E-state index in [0.29, 0.717) is 38.5 Å². The molecule has 2 amide bonds. The number of aliphatic hydroxyl groups is 2. The molecule has 4 N–H and O–H groups in total. The Hall–Kier alpha value is -4.26. The van der Waals surface area contributed by atoms with Gasteiger partial charge in [-0.2, -0.15) is 0 Å². The fraction of sp³-hybridized carbons (Fsp3) is 0.447. The minimum absolute atomic E-state index is 0.0671. The van der Waals surface area contributed by atoms with Crippen molar-refractivity contribution >= 4 is 11.8 Å². The number of benzene rings is 4. The second kappa shape index (κ2) is 17.7. The molecule has 0 aromatic heterocycles. The number of carbonyl (C=O) groups is 2. The molecule has 2 unspecified atom stereocenters. The summed E-state index contributed by atoms with van der Waals surface area (Å²) in [4.78, 5) is 31.4. The average molecular weight is 717 g/mol. The van der Waals surface area contributed by atoms with Gasteiger partial charge in [0.05, 0.1) is 23.3 Å². The first kappa shape index (κ1) is 39.9. The molecule has 1 fully saturated rings. The number of nitrogens with zero attached hydrogens (tertiary/aromatic N) is 1. The Morgan fingerprint density at radius 2 is 0.868 bits per heavy atom. The molecule has 0 aliphatic heterocycles. The van der Waals surface area contributed by atoms with Crippen molar-refractivity contribution in [2.24, 2.45) is 23.0 Å². The van der Waals surface area contributed by atoms with Crippen LogP contribution in [0.5, 0.6) is 0 Å². The summed E-state index contributed by atoms with van der Waals surface area (Å²) in [6.07, 6.45) is 4.14. The van der Waals surface area contributed by atoms with Crippen LogP contribution in [0.15, 0.2) is 121 Å². The van der Waals surface area contributed by atoms with Crippen molar-refractivity contribution in [3.63, 3.8) is 0 Å². The molecule has 6 heteroatoms. The maximum Gasteiger partial charge on any atom is 0.238 e. The van der Waals surface area contributed by atoms with Gasteiger partial charge in [-0.3, -0.25) is 9.59 Å². The van der Waals surface area contributed by atoms with Gasteiger partial charge in [0.2, 0.25) is 11.8 Å². The Kier molecular flexibility index (Phi) is 13.3. The van der Waals surface area contributed by atoms with E-state index in [-0.39, 0.29) is 43.4 Å². The highest BCUT2D eigenvalue weighted by Crippen LogP contribution is 2.45. The molecule has 0 spiro atoms. The second-order valence-corrected chi connectivity index (χ2v) is 16.5. The van der Waals surface area contributed by atoms with Gasteiger partial charge in [0.15, 0.2) is 0 Å². The first-order valence-corrected chi connectivity index (χ1v) is 19.6. The zero-order valence-electron chi connectivity index (χ0n) is 32.2. The van der Waals surface area contributed by atoms with Gasteiger partial charge in [-0.25, -0.2) is 0 Å². The number of hydrogen-bond acceptors (Lipinski definition) is 4. The first-order valence-electron chi connectivity index (χ1n) is 19.6. The first-order chi connectivity index (χ1) is 25.3. The van der Waals surface area contributed by atoms with Crippen LogP contribution in [-0.4, -0.2) is 50.2 Å². The summed E-state index contributed by atoms with van der Waals surface area (Å²) < 4.78 is 0. The van der Waals surface area contributed by atoms with Crippen LogP contribution < -0.4 is 5.73 Å². The molecule has 53 heavy (non-hydrogen) atoms. The Morgan fingerprint density at radius 3 is 1.11 bits per heavy atom. The fourth-order valence-electron chi connectivity index (χ4n) is 8.76. The molecule has 1 aliphatic carbocycles. The number of nitrogens with two attached hydrogens (primary N) is 1. The molecule has 0 heterocycles. The van der Waals surface area contributed by atoms with E-state index in [1.165, 1.54) is 0 Å². The maximum absolute atomic E-state index is 15.9. The molecular weight excluding hydrogens is 657 g/mol. The van der Waals surface area contributed by atoms with Crippen LogP contribution in [0, 0.1) is 17.3 Å². The van der Waals surface area contributed by atoms with E-state index < -0.39 is 34.6 Å². The summed E-state index contributed by atoms with van der Waals surface area (Å²) in [6, 6.07) is 38.2. The van der Waals surface area contributed by atoms with Crippen LogP contribution >= 0.6 is 0 Å². The van der Waals surface area contributed by atoms with Crippen molar-refractivity contribution in [3.05, 3.63) is 144 Å². The van der Waals surface area contributed by atoms with Crippen molar-refractivity contribution in [1.82, 2.24) is 4.90 Å². The minimum Gasteiger partial charge on any atom is -0.387 e. The Bertz CT molecular complexity index is 1530. The molecular formula is C47H60N2O4. The molecule has 6 nitrogen and oxygen atoms in total. The van der Waals surface area contributed by atoms with E-state index in [9.17, 15) is 15.0 Å². The van der Waals surface area contributed by atoms with Gasteiger partial charge in [-0.15, -0.1) is 0 Å². The van der Waals surface area contributed by atoms with Crippen LogP contribution in [-0.2, 0) is 35.3 Å². The van der Waals surface area contributed by atoms with Crippen molar-refractivity contribution in [2.45, 2.75) is 115 Å². The number of primary amides is 1. The highest BCUT2D eigenvalue weighted by Gasteiger charge is 2.57. The quantitative estimate of drug-likeness (QED) is 0.0906. The van der Waals surface area contributed by atoms with Crippen LogP contribution in [0.2, 0.25) is 0 Å². The average Bonchev–Trinajstić information content (AvgIpc) is 3.64. The van der Waals surface area contributed by atoms with Crippen LogP contribution in [0.1, 0.15) is 88.5 Å². The lowest BCUT2D eigenvalue weighted by Gasteiger charge is -2.53. The van der Waals surface area contributed by atoms with E-state index >= 15 is 4.79 Å². The fourth-order valence-corrected chi connectivity index (χ4v) is 8.76. The zero-order valence-corrected chi connectivity index (χ0v) is 32.2. The largest absolute Gasteiger partial charge is 0.387 e. The van der Waals surface area contributed by atoms with Crippen LogP contribution in [0.3, 0.4) is 0 Å². The Morgan fingerprint density at radius 1 is 0.585 bits per heavy atom. The molecule has 5 rings (SSSR count). The minimum atomic E-state index is -1.48. The molecule has 0 saturated heterocycles. The van der Waals surface area contributed by atoms with Crippen LogP contribution in [0.25, 0.3) is 0 Å². The van der Waals surface area contributed by atoms with Gasteiger partial charge >= 0.3 is 0 Å². The van der Waals surface area contributed by atoms with Crippen molar-refractivity contribution in [3.8, 4) is 0 Å². The summed E-state index contributed by atoms with van der Waals surface area (Å²) in [7, 11) is 0. The highest BCUT2D eigenvalue weighted by atomic mass is 16.3. The molecule has 2 atom stereocenters. The lowest BCUT2D eigenvalue weighted by Crippen LogP contribution is -2.69. The van der Waals surface area contributed by atoms with E-state index in [0.717, 1.165) is 22.3 Å². The van der Waals surface area contributed by atoms with E-state index in [1.54, 1.807) is 0 Å². The van der Waals surface area contributed by atoms with Crippen molar-refractivity contribution < 1.29 is 19.8 Å². The molecule has 0 bridgehead atoms. The molecule has 4 aromatic rings. The predicted molar refractivity (Wildman–Crippen MR) is 214 cm³/mol. The maximum atomic E-state index is 15.9. The van der Waals surface area contributed by atoms with Crippen LogP contribution in [0.4, 0.5) is 0 Å². The number of amides is 2. The lowest BCUT2D eigenvalue weighted by atomic mass is 9.71. The topological polar surface area (TPSA) is 104 Å². The van der Waals surface area contributed by atoms with Gasteiger partial charge in [-0.1, -0.05) is 162 Å². The summed E-state index contributed by atoms with van der Waals surface area (Å²) in [5.74, 6) is -0.853. The third-order valence-electron chi connectivity index (χ3n) is 11.3. The molecule has 0 radical (unpaired) electrons.